The minimum Gasteiger partial charge on any atom is -0.340 e. The lowest BCUT2D eigenvalue weighted by atomic mass is 9.94. The summed E-state index contributed by atoms with van der Waals surface area (Å²) < 4.78 is 78.5. The van der Waals surface area contributed by atoms with E-state index < -0.39 is 23.8 Å². The first kappa shape index (κ1) is 22.6. The molecule has 2 saturated heterocycles. The average molecular weight is 460 g/mol. The van der Waals surface area contributed by atoms with Crippen molar-refractivity contribution in [2.24, 2.45) is 5.92 Å². The van der Waals surface area contributed by atoms with Gasteiger partial charge in [-0.05, 0) is 44.5 Å². The Morgan fingerprint density at radius 1 is 0.969 bits per heavy atom. The van der Waals surface area contributed by atoms with Crippen LogP contribution in [0.25, 0.3) is 0 Å². The first-order valence-corrected chi connectivity index (χ1v) is 10.3. The molecular weight excluding hydrogens is 438 g/mol. The van der Waals surface area contributed by atoms with Gasteiger partial charge in [0.15, 0.2) is 0 Å². The molecule has 4 rings (SSSR count). The second kappa shape index (κ2) is 8.72. The van der Waals surface area contributed by atoms with Crippen LogP contribution in [0, 0.1) is 5.92 Å². The van der Waals surface area contributed by atoms with Crippen molar-refractivity contribution in [3.05, 3.63) is 35.7 Å². The highest BCUT2D eigenvalue weighted by atomic mass is 19.4. The number of alkyl halides is 6. The number of nitrogens with zero attached hydrogens (tertiary/aromatic N) is 4. The number of aromatic nitrogens is 3. The van der Waals surface area contributed by atoms with Crippen LogP contribution in [0.1, 0.15) is 36.4 Å². The first-order valence-electron chi connectivity index (χ1n) is 10.3. The van der Waals surface area contributed by atoms with Gasteiger partial charge in [-0.25, -0.2) is 9.97 Å². The summed E-state index contributed by atoms with van der Waals surface area (Å²) >= 11 is 0. The van der Waals surface area contributed by atoms with Crippen LogP contribution in [0.15, 0.2) is 24.4 Å². The maximum absolute atomic E-state index is 13.1. The molecule has 0 radical (unpaired) electrons. The zero-order chi connectivity index (χ0) is 22.9. The number of hydrogen-bond donors (Lipinski definition) is 2. The van der Waals surface area contributed by atoms with Crippen LogP contribution in [-0.2, 0) is 6.18 Å². The maximum Gasteiger partial charge on any atom is 0.416 e. The number of rotatable bonds is 4. The van der Waals surface area contributed by atoms with Gasteiger partial charge in [-0.3, -0.25) is 0 Å². The van der Waals surface area contributed by atoms with Gasteiger partial charge in [-0.1, -0.05) is 0 Å². The molecule has 1 atom stereocenters. The molecule has 174 valence electrons. The second-order valence-electron chi connectivity index (χ2n) is 8.03. The van der Waals surface area contributed by atoms with Gasteiger partial charge in [-0.15, -0.1) is 0 Å². The number of nitrogens with one attached hydrogen (secondary N) is 2. The fourth-order valence-corrected chi connectivity index (χ4v) is 4.00. The quantitative estimate of drug-likeness (QED) is 0.656. The van der Waals surface area contributed by atoms with E-state index in [0.29, 0.717) is 5.69 Å². The molecule has 0 saturated carbocycles. The van der Waals surface area contributed by atoms with E-state index in [4.69, 9.17) is 0 Å². The Morgan fingerprint density at radius 3 is 2.38 bits per heavy atom. The van der Waals surface area contributed by atoms with Crippen molar-refractivity contribution in [1.82, 2.24) is 20.3 Å². The van der Waals surface area contributed by atoms with Crippen LogP contribution in [0.5, 0.6) is 0 Å². The zero-order valence-electron chi connectivity index (χ0n) is 17.0. The van der Waals surface area contributed by atoms with Crippen LogP contribution in [-0.4, -0.2) is 47.3 Å². The predicted molar refractivity (Wildman–Crippen MR) is 106 cm³/mol. The summed E-state index contributed by atoms with van der Waals surface area (Å²) in [6.07, 6.45) is -6.26. The van der Waals surface area contributed by atoms with Gasteiger partial charge in [0, 0.05) is 31.3 Å². The van der Waals surface area contributed by atoms with Crippen molar-refractivity contribution in [3.8, 4) is 0 Å². The fourth-order valence-electron chi connectivity index (χ4n) is 4.00. The van der Waals surface area contributed by atoms with Crippen LogP contribution in [0.3, 0.4) is 0 Å². The molecule has 0 aliphatic carbocycles. The van der Waals surface area contributed by atoms with Crippen LogP contribution in [0.2, 0.25) is 0 Å². The molecule has 0 aromatic carbocycles. The molecule has 2 N–H and O–H groups in total. The molecule has 32 heavy (non-hydrogen) atoms. The minimum atomic E-state index is -4.53. The Morgan fingerprint density at radius 2 is 1.72 bits per heavy atom. The van der Waals surface area contributed by atoms with E-state index in [1.807, 2.05) is 0 Å². The second-order valence-corrected chi connectivity index (χ2v) is 8.03. The highest BCUT2D eigenvalue weighted by Gasteiger charge is 2.44. The summed E-state index contributed by atoms with van der Waals surface area (Å²) in [4.78, 5) is 14.2. The van der Waals surface area contributed by atoms with Crippen molar-refractivity contribution in [1.29, 1.82) is 0 Å². The third-order valence-corrected chi connectivity index (χ3v) is 5.77. The molecule has 2 aliphatic heterocycles. The first-order chi connectivity index (χ1) is 15.1. The van der Waals surface area contributed by atoms with E-state index in [-0.39, 0.29) is 43.0 Å². The molecule has 0 bridgehead atoms. The topological polar surface area (TPSA) is 66.0 Å². The Bertz CT molecular complexity index is 941. The number of anilines is 3. The van der Waals surface area contributed by atoms with Gasteiger partial charge in [0.1, 0.15) is 11.6 Å². The van der Waals surface area contributed by atoms with Gasteiger partial charge in [0.2, 0.25) is 5.95 Å². The van der Waals surface area contributed by atoms with Crippen LogP contribution < -0.4 is 15.5 Å². The van der Waals surface area contributed by atoms with E-state index in [2.05, 4.69) is 25.6 Å². The molecule has 6 nitrogen and oxygen atoms in total. The normalized spacial score (nSPS) is 20.6. The summed E-state index contributed by atoms with van der Waals surface area (Å²) in [5.74, 6) is -1.10. The van der Waals surface area contributed by atoms with Crippen molar-refractivity contribution in [2.45, 2.75) is 37.5 Å². The fraction of sp³-hybridized carbons (Fsp3) is 0.550. The Hall–Kier alpha value is -2.63. The van der Waals surface area contributed by atoms with Crippen LogP contribution >= 0.6 is 0 Å². The van der Waals surface area contributed by atoms with E-state index in [0.717, 1.165) is 44.3 Å². The largest absolute Gasteiger partial charge is 0.416 e. The van der Waals surface area contributed by atoms with Crippen molar-refractivity contribution < 1.29 is 26.3 Å². The van der Waals surface area contributed by atoms with Gasteiger partial charge in [0.05, 0.1) is 17.2 Å². The molecule has 1 unspecified atom stereocenters. The van der Waals surface area contributed by atoms with Crippen molar-refractivity contribution >= 4 is 17.6 Å². The highest BCUT2D eigenvalue weighted by molar-refractivity contribution is 5.55. The summed E-state index contributed by atoms with van der Waals surface area (Å²) in [7, 11) is 0. The monoisotopic (exact) mass is 460 g/mol. The van der Waals surface area contributed by atoms with Crippen LogP contribution in [0.4, 0.5) is 43.9 Å². The summed E-state index contributed by atoms with van der Waals surface area (Å²) in [5.41, 5.74) is -0.211. The van der Waals surface area contributed by atoms with Crippen molar-refractivity contribution in [3.63, 3.8) is 0 Å². The number of halogens is 6. The highest BCUT2D eigenvalue weighted by Crippen LogP contribution is 2.36. The number of hydrogen-bond acceptors (Lipinski definition) is 6. The molecule has 0 amide bonds. The molecule has 2 aliphatic rings. The smallest absolute Gasteiger partial charge is 0.340 e. The van der Waals surface area contributed by atoms with E-state index >= 15 is 0 Å². The minimum absolute atomic E-state index is 0.0532. The third kappa shape index (κ3) is 5.22. The molecule has 0 spiro atoms. The Kier molecular flexibility index (Phi) is 6.15. The van der Waals surface area contributed by atoms with Gasteiger partial charge in [-0.2, -0.15) is 31.3 Å². The molecule has 2 aromatic rings. The molecule has 2 aromatic heterocycles. The zero-order valence-corrected chi connectivity index (χ0v) is 17.0. The summed E-state index contributed by atoms with van der Waals surface area (Å²) in [6, 6.07) is 3.36. The maximum atomic E-state index is 13.1. The third-order valence-electron chi connectivity index (χ3n) is 5.77. The molecular formula is C20H22F6N6. The average Bonchev–Trinajstić information content (AvgIpc) is 3.25. The number of pyridine rings is 1. The Balaban J connectivity index is 1.64. The molecule has 4 heterocycles. The van der Waals surface area contributed by atoms with Gasteiger partial charge < -0.3 is 15.5 Å². The number of piperidine rings is 1. The van der Waals surface area contributed by atoms with Crippen molar-refractivity contribution in [2.75, 3.05) is 36.4 Å². The predicted octanol–water partition coefficient (Wildman–Crippen LogP) is 4.49. The van der Waals surface area contributed by atoms with Gasteiger partial charge in [0.25, 0.3) is 0 Å². The van der Waals surface area contributed by atoms with E-state index in [1.165, 1.54) is 4.90 Å². The lowest BCUT2D eigenvalue weighted by Gasteiger charge is -2.25. The molecule has 12 heteroatoms. The lowest BCUT2D eigenvalue weighted by Crippen LogP contribution is -2.30. The summed E-state index contributed by atoms with van der Waals surface area (Å²) in [5, 5.41) is 6.01. The van der Waals surface area contributed by atoms with E-state index in [1.54, 1.807) is 6.07 Å². The SMILES string of the molecule is FC(F)(F)c1ccnc(Nc2cc(C3CCNCC3)nc(N3CCC(C(F)(F)F)C3)n2)c1. The standard InChI is InChI=1S/C20H22F6N6/c21-19(22,23)13-3-7-28-16(9-13)30-17-10-15(12-1-5-27-6-2-12)29-18(31-17)32-8-4-14(11-32)20(24,25)26/h3,7,9-10,12,14,27H,1-2,4-6,8,11H2,(H,28,29,30,31). The molecule has 2 fully saturated rings. The van der Waals surface area contributed by atoms with Gasteiger partial charge >= 0.3 is 12.4 Å². The Labute approximate surface area is 180 Å². The van der Waals surface area contributed by atoms with E-state index in [9.17, 15) is 26.3 Å². The lowest BCUT2D eigenvalue weighted by molar-refractivity contribution is -0.168. The summed E-state index contributed by atoms with van der Waals surface area (Å²) in [6.45, 7) is 1.46.